The molecule has 1 unspecified atom stereocenters. The average Bonchev–Trinajstić information content (AvgIpc) is 3.36. The van der Waals surface area contributed by atoms with E-state index in [1.165, 1.54) is 212 Å². The predicted octanol–water partition coefficient (Wildman–Crippen LogP) is 21.2. The van der Waals surface area contributed by atoms with Crippen LogP contribution in [0.4, 0.5) is 0 Å². The van der Waals surface area contributed by atoms with Crippen LogP contribution in [0.2, 0.25) is 0 Å². The van der Waals surface area contributed by atoms with Crippen LogP contribution in [0, 0.1) is 0 Å². The summed E-state index contributed by atoms with van der Waals surface area (Å²) in [4.78, 5) is 25.6. The SMILES string of the molecule is CC/C=C\C/C=C\C/C=C\CCCCCCCCOCC(COC(=O)CCCCCCCCCCC/C=C\C/C=C\CCCCC)OC(=O)CCCCCCCCCCCCCCCCCCCCC. The standard InChI is InChI=1S/C65H118O5/c1-4-7-10-13-16-19-22-25-28-31-33-35-37-40-43-46-49-52-55-58-64(66)69-62-63(61-68-60-57-54-51-48-45-42-39-30-27-24-21-18-15-12-9-6-3)70-65(67)59-56-53-50-47-44-41-38-36-34-32-29-26-23-20-17-14-11-8-5-2/h9,12,16,18-19,21,25,27-28,30,63H,4-8,10-11,13-15,17,20,22-24,26,29,31-62H2,1-3H3/b12-9-,19-16-,21-18-,28-25-,30-27-. The molecule has 408 valence electrons. The van der Waals surface area contributed by atoms with Crippen molar-refractivity contribution in [1.29, 1.82) is 0 Å². The molecule has 0 fully saturated rings. The second kappa shape index (κ2) is 60.9. The second-order valence-electron chi connectivity index (χ2n) is 20.6. The Morgan fingerprint density at radius 3 is 1.06 bits per heavy atom. The normalized spacial score (nSPS) is 12.6. The van der Waals surface area contributed by atoms with Gasteiger partial charge in [-0.05, 0) is 83.5 Å². The fourth-order valence-electron chi connectivity index (χ4n) is 8.97. The zero-order valence-electron chi connectivity index (χ0n) is 47.0. The average molecular weight is 980 g/mol. The molecule has 0 aromatic rings. The molecule has 0 aliphatic rings. The fraction of sp³-hybridized carbons (Fsp3) is 0.815. The van der Waals surface area contributed by atoms with Gasteiger partial charge < -0.3 is 14.2 Å². The number of hydrogen-bond acceptors (Lipinski definition) is 5. The van der Waals surface area contributed by atoms with Crippen molar-refractivity contribution in [3.8, 4) is 0 Å². The quantitative estimate of drug-likeness (QED) is 0.0345. The van der Waals surface area contributed by atoms with E-state index in [0.717, 1.165) is 70.6 Å². The molecule has 0 amide bonds. The van der Waals surface area contributed by atoms with Gasteiger partial charge in [0.05, 0.1) is 6.61 Å². The predicted molar refractivity (Wildman–Crippen MR) is 307 cm³/mol. The van der Waals surface area contributed by atoms with E-state index >= 15 is 0 Å². The molecule has 0 rings (SSSR count). The third-order valence-electron chi connectivity index (χ3n) is 13.5. The monoisotopic (exact) mass is 979 g/mol. The van der Waals surface area contributed by atoms with Gasteiger partial charge >= 0.3 is 11.9 Å². The summed E-state index contributed by atoms with van der Waals surface area (Å²) >= 11 is 0. The Hall–Kier alpha value is -2.40. The summed E-state index contributed by atoms with van der Waals surface area (Å²) in [7, 11) is 0. The molecule has 70 heavy (non-hydrogen) atoms. The number of rotatable bonds is 57. The number of allylic oxidation sites excluding steroid dienone is 10. The van der Waals surface area contributed by atoms with Crippen LogP contribution in [-0.2, 0) is 23.8 Å². The summed E-state index contributed by atoms with van der Waals surface area (Å²) < 4.78 is 17.5. The van der Waals surface area contributed by atoms with Gasteiger partial charge in [-0.3, -0.25) is 9.59 Å². The maximum atomic E-state index is 12.9. The highest BCUT2D eigenvalue weighted by Crippen LogP contribution is 2.17. The van der Waals surface area contributed by atoms with Crippen LogP contribution in [0.25, 0.3) is 0 Å². The molecule has 0 saturated heterocycles. The van der Waals surface area contributed by atoms with E-state index in [1.807, 2.05) is 0 Å². The van der Waals surface area contributed by atoms with Gasteiger partial charge in [0.1, 0.15) is 6.61 Å². The van der Waals surface area contributed by atoms with Gasteiger partial charge in [-0.1, -0.05) is 281 Å². The Labute approximate surface area is 436 Å². The highest BCUT2D eigenvalue weighted by Gasteiger charge is 2.17. The maximum absolute atomic E-state index is 12.9. The van der Waals surface area contributed by atoms with Gasteiger partial charge in [-0.2, -0.15) is 0 Å². The van der Waals surface area contributed by atoms with Gasteiger partial charge in [0.25, 0.3) is 0 Å². The first kappa shape index (κ1) is 67.6. The third-order valence-corrected chi connectivity index (χ3v) is 13.5. The molecule has 0 N–H and O–H groups in total. The smallest absolute Gasteiger partial charge is 0.306 e. The lowest BCUT2D eigenvalue weighted by Gasteiger charge is -2.18. The minimum Gasteiger partial charge on any atom is -0.462 e. The van der Waals surface area contributed by atoms with E-state index in [2.05, 4.69) is 81.5 Å². The summed E-state index contributed by atoms with van der Waals surface area (Å²) in [5.41, 5.74) is 0. The second-order valence-corrected chi connectivity index (χ2v) is 20.6. The van der Waals surface area contributed by atoms with Crippen molar-refractivity contribution < 1.29 is 23.8 Å². The Morgan fingerprint density at radius 1 is 0.329 bits per heavy atom. The first-order valence-corrected chi connectivity index (χ1v) is 30.8. The first-order valence-electron chi connectivity index (χ1n) is 30.8. The van der Waals surface area contributed by atoms with Crippen LogP contribution in [-0.4, -0.2) is 37.9 Å². The van der Waals surface area contributed by atoms with E-state index in [0.29, 0.717) is 19.4 Å². The minimum atomic E-state index is -0.545. The fourth-order valence-corrected chi connectivity index (χ4v) is 8.97. The molecule has 0 radical (unpaired) electrons. The molecule has 0 bridgehead atoms. The van der Waals surface area contributed by atoms with Gasteiger partial charge in [-0.15, -0.1) is 0 Å². The van der Waals surface area contributed by atoms with Crippen molar-refractivity contribution in [3.05, 3.63) is 60.8 Å². The van der Waals surface area contributed by atoms with E-state index < -0.39 is 6.10 Å². The third kappa shape index (κ3) is 58.2. The zero-order valence-corrected chi connectivity index (χ0v) is 47.0. The molecule has 0 aliphatic carbocycles. The topological polar surface area (TPSA) is 61.8 Å². The zero-order chi connectivity index (χ0) is 50.6. The summed E-state index contributed by atoms with van der Waals surface area (Å²) in [6.07, 6.45) is 78.2. The van der Waals surface area contributed by atoms with Gasteiger partial charge in [0, 0.05) is 19.4 Å². The number of carbonyl (C=O) groups is 2. The molecule has 0 spiro atoms. The van der Waals surface area contributed by atoms with Crippen molar-refractivity contribution in [2.45, 2.75) is 322 Å². The molecule has 5 heteroatoms. The molecule has 0 aromatic heterocycles. The maximum Gasteiger partial charge on any atom is 0.306 e. The van der Waals surface area contributed by atoms with Crippen LogP contribution in [0.3, 0.4) is 0 Å². The Bertz CT molecular complexity index is 1200. The summed E-state index contributed by atoms with van der Waals surface area (Å²) in [5.74, 6) is -0.393. The molecule has 1 atom stereocenters. The first-order chi connectivity index (χ1) is 34.6. The van der Waals surface area contributed by atoms with Crippen LogP contribution < -0.4 is 0 Å². The largest absolute Gasteiger partial charge is 0.462 e. The number of hydrogen-bond donors (Lipinski definition) is 0. The van der Waals surface area contributed by atoms with Gasteiger partial charge in [0.15, 0.2) is 6.10 Å². The minimum absolute atomic E-state index is 0.0801. The molecular weight excluding hydrogens is 861 g/mol. The molecule has 0 aromatic carbocycles. The molecular formula is C65H118O5. The van der Waals surface area contributed by atoms with Crippen LogP contribution in [0.5, 0.6) is 0 Å². The number of esters is 2. The Morgan fingerprint density at radius 2 is 0.643 bits per heavy atom. The van der Waals surface area contributed by atoms with Crippen molar-refractivity contribution in [1.82, 2.24) is 0 Å². The molecule has 0 heterocycles. The highest BCUT2D eigenvalue weighted by atomic mass is 16.6. The van der Waals surface area contributed by atoms with Crippen LogP contribution in [0.15, 0.2) is 60.8 Å². The van der Waals surface area contributed by atoms with E-state index in [9.17, 15) is 9.59 Å². The number of carbonyl (C=O) groups excluding carboxylic acids is 2. The molecule has 5 nitrogen and oxygen atoms in total. The van der Waals surface area contributed by atoms with Gasteiger partial charge in [0.2, 0.25) is 0 Å². The Kier molecular flexibility index (Phi) is 58.8. The summed E-state index contributed by atoms with van der Waals surface area (Å²) in [5, 5.41) is 0. The van der Waals surface area contributed by atoms with Crippen molar-refractivity contribution in [2.24, 2.45) is 0 Å². The van der Waals surface area contributed by atoms with Crippen LogP contribution >= 0.6 is 0 Å². The summed E-state index contributed by atoms with van der Waals surface area (Å²) in [6, 6.07) is 0. The lowest BCUT2D eigenvalue weighted by atomic mass is 10.0. The summed E-state index contributed by atoms with van der Waals surface area (Å²) in [6.45, 7) is 7.72. The number of unbranched alkanes of at least 4 members (excludes halogenated alkanes) is 36. The molecule has 0 aliphatic heterocycles. The van der Waals surface area contributed by atoms with Crippen molar-refractivity contribution >= 4 is 11.9 Å². The molecule has 0 saturated carbocycles. The lowest BCUT2D eigenvalue weighted by Crippen LogP contribution is -2.30. The van der Waals surface area contributed by atoms with Crippen LogP contribution in [0.1, 0.15) is 316 Å². The van der Waals surface area contributed by atoms with E-state index in [1.54, 1.807) is 0 Å². The van der Waals surface area contributed by atoms with Crippen molar-refractivity contribution in [2.75, 3.05) is 19.8 Å². The Balaban J connectivity index is 4.26. The van der Waals surface area contributed by atoms with Gasteiger partial charge in [-0.25, -0.2) is 0 Å². The van der Waals surface area contributed by atoms with E-state index in [4.69, 9.17) is 14.2 Å². The lowest BCUT2D eigenvalue weighted by molar-refractivity contribution is -0.163. The van der Waals surface area contributed by atoms with Crippen molar-refractivity contribution in [3.63, 3.8) is 0 Å². The highest BCUT2D eigenvalue weighted by molar-refractivity contribution is 5.70. The number of ether oxygens (including phenoxy) is 3. The van der Waals surface area contributed by atoms with E-state index in [-0.39, 0.29) is 25.2 Å².